The zero-order valence-electron chi connectivity index (χ0n) is 8.75. The van der Waals surface area contributed by atoms with Crippen molar-refractivity contribution in [3.05, 3.63) is 0 Å². The number of halogens is 1. The fourth-order valence-electron chi connectivity index (χ4n) is 1.75. The first-order chi connectivity index (χ1) is 6.65. The standard InChI is InChI=1S/C10H18ClNO2/c1-3-9-8(4-5-14-9)6-12-10(13)7(2)11/h7-9H,3-6H2,1-2H3,(H,12,13). The van der Waals surface area contributed by atoms with E-state index in [0.717, 1.165) is 19.4 Å². The number of hydrogen-bond donors (Lipinski definition) is 1. The molecule has 0 saturated carbocycles. The summed E-state index contributed by atoms with van der Waals surface area (Å²) in [6.07, 6.45) is 2.35. The molecule has 3 nitrogen and oxygen atoms in total. The normalized spacial score (nSPS) is 28.8. The lowest BCUT2D eigenvalue weighted by Crippen LogP contribution is -2.36. The smallest absolute Gasteiger partial charge is 0.237 e. The Kier molecular flexibility index (Phi) is 4.69. The van der Waals surface area contributed by atoms with Crippen LogP contribution < -0.4 is 5.32 Å². The third kappa shape index (κ3) is 3.14. The fraction of sp³-hybridized carbons (Fsp3) is 0.900. The van der Waals surface area contributed by atoms with Crippen LogP contribution in [0.5, 0.6) is 0 Å². The van der Waals surface area contributed by atoms with Crippen molar-refractivity contribution >= 4 is 17.5 Å². The molecule has 1 saturated heterocycles. The first-order valence-electron chi connectivity index (χ1n) is 5.18. The van der Waals surface area contributed by atoms with E-state index < -0.39 is 5.38 Å². The summed E-state index contributed by atoms with van der Waals surface area (Å²) in [5.74, 6) is 0.368. The predicted octanol–water partition coefficient (Wildman–Crippen LogP) is 1.54. The highest BCUT2D eigenvalue weighted by Crippen LogP contribution is 2.22. The van der Waals surface area contributed by atoms with Gasteiger partial charge in [-0.2, -0.15) is 0 Å². The molecular weight excluding hydrogens is 202 g/mol. The summed E-state index contributed by atoms with van der Waals surface area (Å²) in [6.45, 7) is 5.29. The van der Waals surface area contributed by atoms with Gasteiger partial charge in [-0.15, -0.1) is 11.6 Å². The fourth-order valence-corrected chi connectivity index (χ4v) is 1.83. The highest BCUT2D eigenvalue weighted by molar-refractivity contribution is 6.30. The summed E-state index contributed by atoms with van der Waals surface area (Å²) in [6, 6.07) is 0. The maximum atomic E-state index is 11.2. The second-order valence-electron chi connectivity index (χ2n) is 3.73. The number of ether oxygens (including phenoxy) is 1. The third-order valence-corrected chi connectivity index (χ3v) is 2.85. The monoisotopic (exact) mass is 219 g/mol. The zero-order chi connectivity index (χ0) is 10.6. The van der Waals surface area contributed by atoms with Crippen molar-refractivity contribution < 1.29 is 9.53 Å². The number of alkyl halides is 1. The van der Waals surface area contributed by atoms with Crippen LogP contribution in [0.15, 0.2) is 0 Å². The van der Waals surface area contributed by atoms with Crippen LogP contribution in [-0.4, -0.2) is 30.5 Å². The van der Waals surface area contributed by atoms with Gasteiger partial charge in [0, 0.05) is 19.1 Å². The summed E-state index contributed by atoms with van der Waals surface area (Å²) in [4.78, 5) is 11.2. The second-order valence-corrected chi connectivity index (χ2v) is 4.38. The van der Waals surface area contributed by atoms with Gasteiger partial charge < -0.3 is 10.1 Å². The Morgan fingerprint density at radius 2 is 2.43 bits per heavy atom. The van der Waals surface area contributed by atoms with Gasteiger partial charge in [0.2, 0.25) is 5.91 Å². The molecule has 0 bridgehead atoms. The molecule has 1 N–H and O–H groups in total. The number of hydrogen-bond acceptors (Lipinski definition) is 2. The van der Waals surface area contributed by atoms with E-state index in [0.29, 0.717) is 18.6 Å². The van der Waals surface area contributed by atoms with Crippen LogP contribution in [0.1, 0.15) is 26.7 Å². The second kappa shape index (κ2) is 5.56. The molecule has 14 heavy (non-hydrogen) atoms. The van der Waals surface area contributed by atoms with Crippen LogP contribution >= 0.6 is 11.6 Å². The Hall–Kier alpha value is -0.280. The number of carbonyl (C=O) groups is 1. The molecule has 1 aliphatic heterocycles. The Bertz CT molecular complexity index is 197. The van der Waals surface area contributed by atoms with Crippen LogP contribution in [0.2, 0.25) is 0 Å². The summed E-state index contributed by atoms with van der Waals surface area (Å²) in [5, 5.41) is 2.39. The quantitative estimate of drug-likeness (QED) is 0.729. The number of amides is 1. The minimum atomic E-state index is -0.447. The molecule has 0 aromatic carbocycles. The molecule has 0 aromatic rings. The van der Waals surface area contributed by atoms with Crippen molar-refractivity contribution in [2.45, 2.75) is 38.2 Å². The van der Waals surface area contributed by atoms with Crippen LogP contribution in [0.25, 0.3) is 0 Å². The molecule has 3 unspecified atom stereocenters. The van der Waals surface area contributed by atoms with Crippen molar-refractivity contribution in [2.24, 2.45) is 5.92 Å². The largest absolute Gasteiger partial charge is 0.378 e. The van der Waals surface area contributed by atoms with Crippen molar-refractivity contribution in [2.75, 3.05) is 13.2 Å². The van der Waals surface area contributed by atoms with E-state index in [1.807, 2.05) is 0 Å². The van der Waals surface area contributed by atoms with Gasteiger partial charge in [0.1, 0.15) is 5.38 Å². The SMILES string of the molecule is CCC1OCCC1CNC(=O)C(C)Cl. The van der Waals surface area contributed by atoms with E-state index in [2.05, 4.69) is 12.2 Å². The van der Waals surface area contributed by atoms with Gasteiger partial charge in [-0.3, -0.25) is 4.79 Å². The van der Waals surface area contributed by atoms with Crippen LogP contribution in [0.4, 0.5) is 0 Å². The average molecular weight is 220 g/mol. The van der Waals surface area contributed by atoms with Crippen LogP contribution in [-0.2, 0) is 9.53 Å². The lowest BCUT2D eigenvalue weighted by atomic mass is 10.00. The van der Waals surface area contributed by atoms with Gasteiger partial charge in [0.25, 0.3) is 0 Å². The highest BCUT2D eigenvalue weighted by Gasteiger charge is 2.27. The summed E-state index contributed by atoms with van der Waals surface area (Å²) in [5.41, 5.74) is 0. The Labute approximate surface area is 90.1 Å². The zero-order valence-corrected chi connectivity index (χ0v) is 9.51. The molecule has 0 radical (unpaired) electrons. The van der Waals surface area contributed by atoms with Crippen molar-refractivity contribution in [1.82, 2.24) is 5.32 Å². The first-order valence-corrected chi connectivity index (χ1v) is 5.62. The Balaban J connectivity index is 2.27. The van der Waals surface area contributed by atoms with Crippen molar-refractivity contribution in [3.63, 3.8) is 0 Å². The lowest BCUT2D eigenvalue weighted by Gasteiger charge is -2.17. The van der Waals surface area contributed by atoms with E-state index in [-0.39, 0.29) is 5.91 Å². The van der Waals surface area contributed by atoms with Crippen molar-refractivity contribution in [3.8, 4) is 0 Å². The summed E-state index contributed by atoms with van der Waals surface area (Å²) < 4.78 is 5.52. The lowest BCUT2D eigenvalue weighted by molar-refractivity contribution is -0.120. The first kappa shape index (κ1) is 11.8. The maximum Gasteiger partial charge on any atom is 0.237 e. The van der Waals surface area contributed by atoms with Gasteiger partial charge >= 0.3 is 0 Å². The third-order valence-electron chi connectivity index (χ3n) is 2.65. The highest BCUT2D eigenvalue weighted by atomic mass is 35.5. The molecule has 1 amide bonds. The predicted molar refractivity (Wildman–Crippen MR) is 56.5 cm³/mol. The van der Waals surface area contributed by atoms with Gasteiger partial charge in [0.05, 0.1) is 6.10 Å². The van der Waals surface area contributed by atoms with Gasteiger partial charge in [-0.05, 0) is 19.8 Å². The minimum Gasteiger partial charge on any atom is -0.378 e. The van der Waals surface area contributed by atoms with E-state index in [9.17, 15) is 4.79 Å². The van der Waals surface area contributed by atoms with Crippen LogP contribution in [0.3, 0.4) is 0 Å². The van der Waals surface area contributed by atoms with Crippen LogP contribution in [0, 0.1) is 5.92 Å². The van der Waals surface area contributed by atoms with Crippen molar-refractivity contribution in [1.29, 1.82) is 0 Å². The Morgan fingerprint density at radius 3 is 3.00 bits per heavy atom. The topological polar surface area (TPSA) is 38.3 Å². The van der Waals surface area contributed by atoms with E-state index in [4.69, 9.17) is 16.3 Å². The molecule has 1 rings (SSSR count). The van der Waals surface area contributed by atoms with Gasteiger partial charge in [0.15, 0.2) is 0 Å². The minimum absolute atomic E-state index is 0.0894. The number of nitrogens with one attached hydrogen (secondary N) is 1. The van der Waals surface area contributed by atoms with E-state index in [1.165, 1.54) is 0 Å². The maximum absolute atomic E-state index is 11.2. The molecule has 82 valence electrons. The molecule has 0 spiro atoms. The Morgan fingerprint density at radius 1 is 1.71 bits per heavy atom. The van der Waals surface area contributed by atoms with E-state index >= 15 is 0 Å². The molecule has 1 heterocycles. The molecular formula is C10H18ClNO2. The van der Waals surface area contributed by atoms with Gasteiger partial charge in [-0.25, -0.2) is 0 Å². The van der Waals surface area contributed by atoms with E-state index in [1.54, 1.807) is 6.92 Å². The molecule has 1 aliphatic rings. The molecule has 0 aromatic heterocycles. The summed E-state index contributed by atoms with van der Waals surface area (Å²) >= 11 is 5.64. The molecule has 4 heteroatoms. The molecule has 3 atom stereocenters. The summed E-state index contributed by atoms with van der Waals surface area (Å²) in [7, 11) is 0. The van der Waals surface area contributed by atoms with Gasteiger partial charge in [-0.1, -0.05) is 6.92 Å². The number of carbonyl (C=O) groups excluding carboxylic acids is 1. The molecule has 1 fully saturated rings. The average Bonchev–Trinajstić information content (AvgIpc) is 2.60. The molecule has 0 aliphatic carbocycles. The number of rotatable bonds is 4.